The third-order valence-electron chi connectivity index (χ3n) is 5.18. The maximum absolute atomic E-state index is 14.7. The van der Waals surface area contributed by atoms with E-state index in [1.807, 2.05) is 6.26 Å². The van der Waals surface area contributed by atoms with Gasteiger partial charge in [-0.25, -0.2) is 18.8 Å². The first-order chi connectivity index (χ1) is 16.0. The number of fused-ring (bicyclic) bond motifs is 2. The van der Waals surface area contributed by atoms with E-state index in [1.165, 1.54) is 17.8 Å². The Labute approximate surface area is 217 Å². The maximum Gasteiger partial charge on any atom is 0.247 e. The molecule has 1 aliphatic rings. The number of piperazine rings is 1. The van der Waals surface area contributed by atoms with Gasteiger partial charge in [-0.05, 0) is 34.4 Å². The molecule has 0 radical (unpaired) electrons. The van der Waals surface area contributed by atoms with Crippen LogP contribution in [0.15, 0.2) is 23.5 Å². The van der Waals surface area contributed by atoms with E-state index in [9.17, 15) is 4.39 Å². The minimum atomic E-state index is -0.608. The molecule has 1 aliphatic heterocycles. The van der Waals surface area contributed by atoms with Gasteiger partial charge in [0.05, 0.1) is 28.9 Å². The third kappa shape index (κ3) is 4.43. The van der Waals surface area contributed by atoms with E-state index in [4.69, 9.17) is 32.9 Å². The first-order valence-electron chi connectivity index (χ1n) is 9.78. The van der Waals surface area contributed by atoms with Crippen LogP contribution in [0.5, 0.6) is 11.6 Å². The van der Waals surface area contributed by atoms with E-state index in [0.717, 1.165) is 32.0 Å². The molecule has 1 fully saturated rings. The molecule has 1 aromatic carbocycles. The molecule has 1 N–H and O–H groups in total. The fraction of sp³-hybridized carbons (Fsp3) is 0.263. The first-order valence-corrected chi connectivity index (χ1v) is 15.8. The second-order valence-electron chi connectivity index (χ2n) is 7.09. The molecule has 4 aromatic rings. The Balaban J connectivity index is 1.71. The van der Waals surface area contributed by atoms with E-state index < -0.39 is 5.82 Å². The van der Waals surface area contributed by atoms with Crippen molar-refractivity contribution in [2.45, 2.75) is 5.16 Å². The van der Waals surface area contributed by atoms with Crippen LogP contribution in [-0.2, 0) is 0 Å². The average molecular weight is 638 g/mol. The Kier molecular flexibility index (Phi) is 6.97. The van der Waals surface area contributed by atoms with Gasteiger partial charge in [0.25, 0.3) is 0 Å². The molecule has 8 nitrogen and oxygen atoms in total. The van der Waals surface area contributed by atoms with Crippen LogP contribution in [-0.4, -0.2) is 56.9 Å². The number of nitrogens with zero attached hydrogens (tertiary/aromatic N) is 6. The van der Waals surface area contributed by atoms with Gasteiger partial charge in [-0.1, -0.05) is 35.0 Å². The van der Waals surface area contributed by atoms with Gasteiger partial charge in [-0.2, -0.15) is 10.1 Å². The summed E-state index contributed by atoms with van der Waals surface area (Å²) in [7, 11) is 0. The molecular weight excluding hydrogens is 622 g/mol. The topological polar surface area (TPSA) is 81.0 Å². The number of benzene rings is 1. The predicted molar refractivity (Wildman–Crippen MR) is 142 cm³/mol. The van der Waals surface area contributed by atoms with E-state index in [1.54, 1.807) is 16.7 Å². The highest BCUT2D eigenvalue weighted by molar-refractivity contribution is 14.2. The van der Waals surface area contributed by atoms with Crippen molar-refractivity contribution in [2.75, 3.05) is 37.3 Å². The highest BCUT2D eigenvalue weighted by atomic mass is 127. The standard InChI is InChI=1S/C19H16Cl2FIN7OPS/c1-33-19-27-15-9(17(28-19)29-4-2-24-3-5-29)6-13(20)26-18(15)31-16-10-8-25-30(32-23)12(10)7-11(22)14(16)21/h6-8,24,32H,2-5H2,1H3. The number of ether oxygens (including phenoxy) is 1. The number of nitrogens with one attached hydrogen (secondary N) is 1. The van der Waals surface area contributed by atoms with Crippen molar-refractivity contribution in [1.82, 2.24) is 29.8 Å². The summed E-state index contributed by atoms with van der Waals surface area (Å²) in [6, 6.07) is 3.08. The number of thioether (sulfide) groups is 1. The van der Waals surface area contributed by atoms with Gasteiger partial charge in [0, 0.05) is 32.2 Å². The molecule has 1 unspecified atom stereocenters. The maximum atomic E-state index is 14.7. The summed E-state index contributed by atoms with van der Waals surface area (Å²) in [5.41, 5.74) is 1.05. The van der Waals surface area contributed by atoms with Crippen molar-refractivity contribution in [3.8, 4) is 11.6 Å². The lowest BCUT2D eigenvalue weighted by atomic mass is 10.2. The lowest BCUT2D eigenvalue weighted by molar-refractivity contribution is 0.468. The summed E-state index contributed by atoms with van der Waals surface area (Å²) in [4.78, 5) is 15.9. The number of hydrogen-bond donors (Lipinski definition) is 1. The molecule has 4 heterocycles. The quantitative estimate of drug-likeness (QED) is 0.101. The van der Waals surface area contributed by atoms with Crippen LogP contribution in [0, 0.1) is 5.82 Å². The zero-order chi connectivity index (χ0) is 23.1. The van der Waals surface area contributed by atoms with Gasteiger partial charge in [-0.15, -0.1) is 0 Å². The number of hydrogen-bond acceptors (Lipinski definition) is 8. The Morgan fingerprint density at radius 2 is 1.97 bits per heavy atom. The molecule has 1 saturated heterocycles. The lowest BCUT2D eigenvalue weighted by Crippen LogP contribution is -2.44. The fourth-order valence-corrected chi connectivity index (χ4v) is 5.93. The molecule has 0 spiro atoms. The largest absolute Gasteiger partial charge is 0.434 e. The third-order valence-corrected chi connectivity index (χ3v) is 8.16. The second kappa shape index (κ2) is 9.79. The summed E-state index contributed by atoms with van der Waals surface area (Å²) >= 11 is 16.3. The number of pyridine rings is 1. The lowest BCUT2D eigenvalue weighted by Gasteiger charge is -2.29. The highest BCUT2D eigenvalue weighted by Crippen LogP contribution is 2.43. The highest BCUT2D eigenvalue weighted by Gasteiger charge is 2.23. The molecule has 33 heavy (non-hydrogen) atoms. The number of aromatic nitrogens is 5. The van der Waals surface area contributed by atoms with Gasteiger partial charge in [-0.3, -0.25) is 0 Å². The van der Waals surface area contributed by atoms with E-state index in [-0.39, 0.29) is 28.2 Å². The Bertz CT molecular complexity index is 1370. The molecule has 172 valence electrons. The van der Waals surface area contributed by atoms with E-state index in [2.05, 4.69) is 47.3 Å². The molecule has 0 saturated carbocycles. The van der Waals surface area contributed by atoms with Crippen LogP contribution in [0.4, 0.5) is 10.2 Å². The Hall–Kier alpha value is -1.24. The first kappa shape index (κ1) is 23.5. The van der Waals surface area contributed by atoms with E-state index >= 15 is 0 Å². The summed E-state index contributed by atoms with van der Waals surface area (Å²) in [6.07, 6.45) is 3.79. The summed E-state index contributed by atoms with van der Waals surface area (Å²) < 4.78 is 22.5. The molecule has 1 atom stereocenters. The van der Waals surface area contributed by atoms with Crippen molar-refractivity contribution in [2.24, 2.45) is 0 Å². The van der Waals surface area contributed by atoms with Crippen LogP contribution in [0.2, 0.25) is 10.2 Å². The van der Waals surface area contributed by atoms with Crippen LogP contribution >= 0.6 is 63.4 Å². The van der Waals surface area contributed by atoms with Gasteiger partial charge in [0.2, 0.25) is 5.88 Å². The van der Waals surface area contributed by atoms with Crippen molar-refractivity contribution in [3.63, 3.8) is 0 Å². The van der Waals surface area contributed by atoms with Crippen LogP contribution in [0.3, 0.4) is 0 Å². The Morgan fingerprint density at radius 3 is 2.70 bits per heavy atom. The molecule has 0 amide bonds. The molecule has 0 bridgehead atoms. The molecule has 5 rings (SSSR count). The van der Waals surface area contributed by atoms with Crippen molar-refractivity contribution >= 4 is 91.0 Å². The normalized spacial score (nSPS) is 14.8. The van der Waals surface area contributed by atoms with Crippen molar-refractivity contribution < 1.29 is 9.13 Å². The summed E-state index contributed by atoms with van der Waals surface area (Å²) in [6.45, 7) is 3.28. The predicted octanol–water partition coefficient (Wildman–Crippen LogP) is 5.54. The van der Waals surface area contributed by atoms with Gasteiger partial charge in [0.1, 0.15) is 27.3 Å². The minimum Gasteiger partial charge on any atom is -0.434 e. The molecular formula is C19H16Cl2FIN7OPS. The molecule has 0 aliphatic carbocycles. The molecule has 14 heteroatoms. The van der Waals surface area contributed by atoms with Crippen molar-refractivity contribution in [1.29, 1.82) is 0 Å². The molecule has 3 aromatic heterocycles. The summed E-state index contributed by atoms with van der Waals surface area (Å²) in [5.74, 6) is 0.402. The SMILES string of the molecule is CSc1nc(N2CCNCC2)c2cc(Cl)nc(Oc3c(Cl)c(F)cc4c3cnn4PI)c2n1. The number of rotatable bonds is 5. The van der Waals surface area contributed by atoms with Gasteiger partial charge >= 0.3 is 0 Å². The minimum absolute atomic E-state index is 0.122. The number of anilines is 1. The second-order valence-corrected chi connectivity index (χ2v) is 10.7. The van der Waals surface area contributed by atoms with Crippen LogP contribution in [0.1, 0.15) is 0 Å². The summed E-state index contributed by atoms with van der Waals surface area (Å²) in [5, 5.41) is 9.55. The van der Waals surface area contributed by atoms with Crippen LogP contribution in [0.25, 0.3) is 21.8 Å². The monoisotopic (exact) mass is 637 g/mol. The zero-order valence-electron chi connectivity index (χ0n) is 17.1. The fourth-order valence-electron chi connectivity index (χ4n) is 3.66. The van der Waals surface area contributed by atoms with Crippen LogP contribution < -0.4 is 15.0 Å². The average Bonchev–Trinajstić information content (AvgIpc) is 3.24. The van der Waals surface area contributed by atoms with Crippen molar-refractivity contribution in [3.05, 3.63) is 34.3 Å². The van der Waals surface area contributed by atoms with Gasteiger partial charge in [0.15, 0.2) is 10.9 Å². The number of halogens is 4. The van der Waals surface area contributed by atoms with E-state index in [0.29, 0.717) is 27.0 Å². The van der Waals surface area contributed by atoms with Gasteiger partial charge < -0.3 is 15.0 Å². The Morgan fingerprint density at radius 1 is 1.18 bits per heavy atom. The smallest absolute Gasteiger partial charge is 0.247 e. The zero-order valence-corrected chi connectivity index (χ0v) is 22.6.